The van der Waals surface area contributed by atoms with Crippen molar-refractivity contribution in [1.29, 1.82) is 0 Å². The molecule has 3 N–H and O–H groups in total. The molecule has 2 heterocycles. The van der Waals surface area contributed by atoms with Crippen LogP contribution in [0.1, 0.15) is 12.5 Å². The number of benzene rings is 1. The zero-order valence-electron chi connectivity index (χ0n) is 17.3. The average Bonchev–Trinajstić information content (AvgIpc) is 3.09. The molecule has 1 unspecified atom stereocenters. The molecule has 0 aliphatic heterocycles. The van der Waals surface area contributed by atoms with E-state index in [4.69, 9.17) is 4.74 Å². The van der Waals surface area contributed by atoms with E-state index in [0.717, 1.165) is 28.6 Å². The minimum atomic E-state index is 0.00774. The molecule has 9 nitrogen and oxygen atoms in total. The number of hydrogen-bond donors (Lipinski definition) is 3. The van der Waals surface area contributed by atoms with E-state index >= 15 is 0 Å². The first-order chi connectivity index (χ1) is 14.1. The van der Waals surface area contributed by atoms with Crippen LogP contribution in [0.5, 0.6) is 5.75 Å². The second-order valence-electron chi connectivity index (χ2n) is 6.78. The van der Waals surface area contributed by atoms with Gasteiger partial charge in [0.1, 0.15) is 24.0 Å². The fourth-order valence-corrected chi connectivity index (χ4v) is 2.89. The maximum Gasteiger partial charge on any atom is 0.191 e. The van der Waals surface area contributed by atoms with Gasteiger partial charge in [-0.2, -0.15) is 5.10 Å². The molecule has 0 aliphatic rings. The Labute approximate surface area is 170 Å². The number of aryl methyl sites for hydroxylation is 2. The Balaban J connectivity index is 1.41. The second-order valence-corrected chi connectivity index (χ2v) is 6.78. The van der Waals surface area contributed by atoms with E-state index in [-0.39, 0.29) is 6.10 Å². The van der Waals surface area contributed by atoms with Gasteiger partial charge in [0.2, 0.25) is 0 Å². The molecule has 1 aromatic carbocycles. The average molecular weight is 396 g/mol. The second kappa shape index (κ2) is 9.72. The molecule has 3 rings (SSSR count). The Hall–Kier alpha value is -3.36. The van der Waals surface area contributed by atoms with E-state index in [2.05, 4.69) is 49.0 Å². The van der Waals surface area contributed by atoms with Crippen molar-refractivity contribution in [2.24, 2.45) is 12.0 Å². The molecule has 0 spiro atoms. The molecule has 29 heavy (non-hydrogen) atoms. The van der Waals surface area contributed by atoms with Gasteiger partial charge in [0.05, 0.1) is 18.1 Å². The Morgan fingerprint density at radius 3 is 2.90 bits per heavy atom. The van der Waals surface area contributed by atoms with Crippen molar-refractivity contribution >= 4 is 22.8 Å². The molecule has 1 atom stereocenters. The maximum atomic E-state index is 5.94. The largest absolute Gasteiger partial charge is 0.489 e. The molecule has 0 amide bonds. The van der Waals surface area contributed by atoms with Crippen molar-refractivity contribution in [3.63, 3.8) is 0 Å². The van der Waals surface area contributed by atoms with Gasteiger partial charge in [-0.05, 0) is 31.5 Å². The van der Waals surface area contributed by atoms with Crippen molar-refractivity contribution < 1.29 is 4.74 Å². The highest BCUT2D eigenvalue weighted by atomic mass is 16.5. The minimum absolute atomic E-state index is 0.00774. The van der Waals surface area contributed by atoms with E-state index in [1.807, 2.05) is 32.2 Å². The Kier molecular flexibility index (Phi) is 6.83. The summed E-state index contributed by atoms with van der Waals surface area (Å²) in [5, 5.41) is 15.0. The van der Waals surface area contributed by atoms with Crippen molar-refractivity contribution in [2.75, 3.05) is 32.0 Å². The van der Waals surface area contributed by atoms with E-state index in [0.29, 0.717) is 19.6 Å². The standard InChI is InChI=1S/C20H28N8O/c1-14-6-5-7-16(10-14)29-15(2)11-24-20(21-3)23-9-8-22-18-17-12-27-28(4)19(17)26-13-25-18/h5-7,10,12-13,15H,8-9,11H2,1-4H3,(H2,21,23,24)(H,22,25,26). The summed E-state index contributed by atoms with van der Waals surface area (Å²) in [4.78, 5) is 12.8. The minimum Gasteiger partial charge on any atom is -0.489 e. The van der Waals surface area contributed by atoms with E-state index in [1.165, 1.54) is 11.9 Å². The third-order valence-electron chi connectivity index (χ3n) is 4.35. The molecule has 3 aromatic rings. The molecule has 0 bridgehead atoms. The highest BCUT2D eigenvalue weighted by Gasteiger charge is 2.08. The fraction of sp³-hybridized carbons (Fsp3) is 0.400. The van der Waals surface area contributed by atoms with Gasteiger partial charge < -0.3 is 20.7 Å². The van der Waals surface area contributed by atoms with Gasteiger partial charge >= 0.3 is 0 Å². The van der Waals surface area contributed by atoms with Crippen LogP contribution in [-0.2, 0) is 7.05 Å². The van der Waals surface area contributed by atoms with Gasteiger partial charge in [-0.25, -0.2) is 9.97 Å². The number of rotatable bonds is 8. The van der Waals surface area contributed by atoms with Crippen LogP contribution in [-0.4, -0.2) is 58.5 Å². The highest BCUT2D eigenvalue weighted by Crippen LogP contribution is 2.17. The zero-order valence-corrected chi connectivity index (χ0v) is 17.3. The van der Waals surface area contributed by atoms with Crippen LogP contribution in [0.15, 0.2) is 41.8 Å². The molecule has 9 heteroatoms. The van der Waals surface area contributed by atoms with Crippen molar-refractivity contribution in [3.8, 4) is 5.75 Å². The Morgan fingerprint density at radius 2 is 2.10 bits per heavy atom. The van der Waals surface area contributed by atoms with Crippen molar-refractivity contribution in [3.05, 3.63) is 42.4 Å². The summed E-state index contributed by atoms with van der Waals surface area (Å²) < 4.78 is 7.67. The number of fused-ring (bicyclic) bond motifs is 1. The zero-order chi connectivity index (χ0) is 20.6. The first-order valence-corrected chi connectivity index (χ1v) is 9.61. The lowest BCUT2D eigenvalue weighted by Gasteiger charge is -2.18. The molecule has 0 fully saturated rings. The quantitative estimate of drug-likeness (QED) is 0.303. The SMILES string of the molecule is CN=C(NCCNc1ncnc2c1cnn2C)NCC(C)Oc1cccc(C)c1. The monoisotopic (exact) mass is 396 g/mol. The third-order valence-corrected chi connectivity index (χ3v) is 4.35. The predicted molar refractivity (Wildman–Crippen MR) is 115 cm³/mol. The smallest absolute Gasteiger partial charge is 0.191 e. The number of aliphatic imine (C=N–C) groups is 1. The van der Waals surface area contributed by atoms with Gasteiger partial charge in [-0.3, -0.25) is 9.67 Å². The van der Waals surface area contributed by atoms with Crippen LogP contribution in [0.3, 0.4) is 0 Å². The first-order valence-electron chi connectivity index (χ1n) is 9.61. The lowest BCUT2D eigenvalue weighted by molar-refractivity contribution is 0.223. The summed E-state index contributed by atoms with van der Waals surface area (Å²) in [5.74, 6) is 2.37. The van der Waals surface area contributed by atoms with Crippen LogP contribution in [0.2, 0.25) is 0 Å². The van der Waals surface area contributed by atoms with Crippen LogP contribution >= 0.6 is 0 Å². The number of nitrogens with one attached hydrogen (secondary N) is 3. The van der Waals surface area contributed by atoms with E-state index < -0.39 is 0 Å². The van der Waals surface area contributed by atoms with Gasteiger partial charge in [0.15, 0.2) is 11.6 Å². The van der Waals surface area contributed by atoms with Gasteiger partial charge in [0.25, 0.3) is 0 Å². The van der Waals surface area contributed by atoms with Gasteiger partial charge in [-0.1, -0.05) is 12.1 Å². The molecule has 2 aromatic heterocycles. The molecule has 0 radical (unpaired) electrons. The lowest BCUT2D eigenvalue weighted by atomic mass is 10.2. The summed E-state index contributed by atoms with van der Waals surface area (Å²) in [6.07, 6.45) is 3.31. The summed E-state index contributed by atoms with van der Waals surface area (Å²) in [7, 11) is 3.61. The number of guanidine groups is 1. The first kappa shape index (κ1) is 20.4. The fourth-order valence-electron chi connectivity index (χ4n) is 2.89. The third kappa shape index (κ3) is 5.56. The predicted octanol–water partition coefficient (Wildman–Crippen LogP) is 1.72. The number of hydrogen-bond acceptors (Lipinski definition) is 6. The molecule has 0 saturated heterocycles. The van der Waals surface area contributed by atoms with Crippen LogP contribution < -0.4 is 20.7 Å². The Bertz CT molecular complexity index is 968. The van der Waals surface area contributed by atoms with E-state index in [1.54, 1.807) is 17.9 Å². The molecule has 154 valence electrons. The summed E-state index contributed by atoms with van der Waals surface area (Å²) in [5.41, 5.74) is 1.98. The molecule has 0 saturated carbocycles. The highest BCUT2D eigenvalue weighted by molar-refractivity contribution is 5.86. The molecular weight excluding hydrogens is 368 g/mol. The topological polar surface area (TPSA) is 101 Å². The van der Waals surface area contributed by atoms with Gasteiger partial charge in [0, 0.05) is 27.2 Å². The summed E-state index contributed by atoms with van der Waals surface area (Å²) >= 11 is 0. The molecular formula is C20H28N8O. The summed E-state index contributed by atoms with van der Waals surface area (Å²) in [6.45, 7) is 6.08. The Morgan fingerprint density at radius 1 is 1.24 bits per heavy atom. The number of aromatic nitrogens is 4. The van der Waals surface area contributed by atoms with Crippen LogP contribution in [0.4, 0.5) is 5.82 Å². The normalized spacial score (nSPS) is 12.6. The lowest BCUT2D eigenvalue weighted by Crippen LogP contribution is -2.43. The maximum absolute atomic E-state index is 5.94. The number of anilines is 1. The van der Waals surface area contributed by atoms with Crippen molar-refractivity contribution in [1.82, 2.24) is 30.4 Å². The van der Waals surface area contributed by atoms with Crippen molar-refractivity contribution in [2.45, 2.75) is 20.0 Å². The van der Waals surface area contributed by atoms with Gasteiger partial charge in [-0.15, -0.1) is 0 Å². The van der Waals surface area contributed by atoms with Crippen LogP contribution in [0.25, 0.3) is 11.0 Å². The summed E-state index contributed by atoms with van der Waals surface area (Å²) in [6, 6.07) is 8.04. The number of nitrogens with zero attached hydrogens (tertiary/aromatic N) is 5. The van der Waals surface area contributed by atoms with E-state index in [9.17, 15) is 0 Å². The number of ether oxygens (including phenoxy) is 1. The van der Waals surface area contributed by atoms with Crippen LogP contribution in [0, 0.1) is 6.92 Å². The molecule has 0 aliphatic carbocycles.